The van der Waals surface area contributed by atoms with E-state index in [0.717, 1.165) is 12.1 Å². The Morgan fingerprint density at radius 1 is 1.36 bits per heavy atom. The van der Waals surface area contributed by atoms with Gasteiger partial charge in [-0.2, -0.15) is 0 Å². The zero-order valence-corrected chi connectivity index (χ0v) is 8.18. The standard InChI is InChI=1S/C11H12F2O/c1-7(2)5-11(14)9-4-3-8(12)6-10(9)13/h3-4,6-7H,5H2,1-2H3. The maximum Gasteiger partial charge on any atom is 0.166 e. The molecular weight excluding hydrogens is 186 g/mol. The third kappa shape index (κ3) is 2.62. The van der Waals surface area contributed by atoms with Crippen LogP contribution in [0, 0.1) is 17.6 Å². The van der Waals surface area contributed by atoms with Crippen molar-refractivity contribution in [1.29, 1.82) is 0 Å². The molecule has 0 bridgehead atoms. The molecule has 0 aliphatic heterocycles. The normalized spacial score (nSPS) is 10.6. The highest BCUT2D eigenvalue weighted by Gasteiger charge is 2.13. The number of ketones is 1. The Balaban J connectivity index is 2.90. The van der Waals surface area contributed by atoms with E-state index in [2.05, 4.69) is 0 Å². The van der Waals surface area contributed by atoms with Crippen molar-refractivity contribution >= 4 is 5.78 Å². The summed E-state index contributed by atoms with van der Waals surface area (Å²) in [6, 6.07) is 3.01. The van der Waals surface area contributed by atoms with Crippen molar-refractivity contribution in [3.8, 4) is 0 Å². The van der Waals surface area contributed by atoms with Crippen molar-refractivity contribution in [3.63, 3.8) is 0 Å². The fourth-order valence-corrected chi connectivity index (χ4v) is 1.20. The third-order valence-electron chi connectivity index (χ3n) is 1.83. The highest BCUT2D eigenvalue weighted by molar-refractivity contribution is 5.96. The number of carbonyl (C=O) groups is 1. The van der Waals surface area contributed by atoms with E-state index in [9.17, 15) is 13.6 Å². The summed E-state index contributed by atoms with van der Waals surface area (Å²) in [5, 5.41) is 0. The van der Waals surface area contributed by atoms with E-state index in [1.807, 2.05) is 13.8 Å². The highest BCUT2D eigenvalue weighted by Crippen LogP contribution is 2.14. The van der Waals surface area contributed by atoms with Crippen molar-refractivity contribution in [2.75, 3.05) is 0 Å². The van der Waals surface area contributed by atoms with Gasteiger partial charge in [0.15, 0.2) is 5.78 Å². The minimum atomic E-state index is -0.782. The van der Waals surface area contributed by atoms with Gasteiger partial charge in [-0.1, -0.05) is 13.8 Å². The number of benzene rings is 1. The summed E-state index contributed by atoms with van der Waals surface area (Å²) in [6.07, 6.45) is 0.280. The molecule has 0 spiro atoms. The molecule has 14 heavy (non-hydrogen) atoms. The van der Waals surface area contributed by atoms with Crippen LogP contribution in [0.2, 0.25) is 0 Å². The van der Waals surface area contributed by atoms with Crippen LogP contribution >= 0.6 is 0 Å². The Labute approximate surface area is 81.7 Å². The second kappa shape index (κ2) is 4.31. The van der Waals surface area contributed by atoms with Crippen LogP contribution in [0.15, 0.2) is 18.2 Å². The molecule has 0 fully saturated rings. The van der Waals surface area contributed by atoms with Crippen molar-refractivity contribution in [3.05, 3.63) is 35.4 Å². The Kier molecular flexibility index (Phi) is 3.33. The number of hydrogen-bond acceptors (Lipinski definition) is 1. The van der Waals surface area contributed by atoms with Gasteiger partial charge in [0.2, 0.25) is 0 Å². The average molecular weight is 198 g/mol. The summed E-state index contributed by atoms with van der Waals surface area (Å²) in [5.41, 5.74) is -0.0277. The van der Waals surface area contributed by atoms with Crippen molar-refractivity contribution < 1.29 is 13.6 Å². The van der Waals surface area contributed by atoms with Crippen LogP contribution in [0.5, 0.6) is 0 Å². The predicted octanol–water partition coefficient (Wildman–Crippen LogP) is 3.19. The number of rotatable bonds is 3. The third-order valence-corrected chi connectivity index (χ3v) is 1.83. The lowest BCUT2D eigenvalue weighted by Crippen LogP contribution is -2.06. The lowest BCUT2D eigenvalue weighted by atomic mass is 10.0. The molecular formula is C11H12F2O. The predicted molar refractivity (Wildman–Crippen MR) is 50.1 cm³/mol. The molecule has 0 radical (unpaired) electrons. The van der Waals surface area contributed by atoms with Crippen molar-refractivity contribution in [2.24, 2.45) is 5.92 Å². The Morgan fingerprint density at radius 2 is 2.00 bits per heavy atom. The first-order chi connectivity index (χ1) is 6.50. The van der Waals surface area contributed by atoms with Gasteiger partial charge in [-0.05, 0) is 18.1 Å². The van der Waals surface area contributed by atoms with Gasteiger partial charge in [-0.25, -0.2) is 8.78 Å². The van der Waals surface area contributed by atoms with E-state index >= 15 is 0 Å². The maximum absolute atomic E-state index is 13.1. The monoisotopic (exact) mass is 198 g/mol. The average Bonchev–Trinajstić information content (AvgIpc) is 2.01. The molecule has 1 nitrogen and oxygen atoms in total. The molecule has 0 aromatic heterocycles. The van der Waals surface area contributed by atoms with Crippen LogP contribution in [0.25, 0.3) is 0 Å². The molecule has 0 atom stereocenters. The van der Waals surface area contributed by atoms with Crippen molar-refractivity contribution in [1.82, 2.24) is 0 Å². The molecule has 0 saturated carbocycles. The first kappa shape index (κ1) is 10.8. The lowest BCUT2D eigenvalue weighted by Gasteiger charge is -2.04. The number of Topliss-reactive ketones (excluding diaryl/α,β-unsaturated/α-hetero) is 1. The summed E-state index contributed by atoms with van der Waals surface area (Å²) in [4.78, 5) is 11.4. The molecule has 0 N–H and O–H groups in total. The number of halogens is 2. The first-order valence-corrected chi connectivity index (χ1v) is 4.49. The quantitative estimate of drug-likeness (QED) is 0.681. The van der Waals surface area contributed by atoms with Gasteiger partial charge in [0, 0.05) is 12.5 Å². The second-order valence-electron chi connectivity index (χ2n) is 3.65. The molecule has 76 valence electrons. The summed E-state index contributed by atoms with van der Waals surface area (Å²) in [5.74, 6) is -1.55. The molecule has 0 aliphatic rings. The zero-order chi connectivity index (χ0) is 10.7. The van der Waals surface area contributed by atoms with Crippen LogP contribution in [-0.2, 0) is 0 Å². The minimum Gasteiger partial charge on any atom is -0.294 e. The molecule has 0 amide bonds. The summed E-state index contributed by atoms with van der Waals surface area (Å²) >= 11 is 0. The molecule has 0 unspecified atom stereocenters. The summed E-state index contributed by atoms with van der Waals surface area (Å²) in [6.45, 7) is 3.75. The Morgan fingerprint density at radius 3 is 2.50 bits per heavy atom. The van der Waals surface area contributed by atoms with Gasteiger partial charge >= 0.3 is 0 Å². The molecule has 0 heterocycles. The smallest absolute Gasteiger partial charge is 0.166 e. The van der Waals surface area contributed by atoms with Gasteiger partial charge in [0.25, 0.3) is 0 Å². The van der Waals surface area contributed by atoms with Gasteiger partial charge in [0.05, 0.1) is 5.56 Å². The first-order valence-electron chi connectivity index (χ1n) is 4.49. The number of hydrogen-bond donors (Lipinski definition) is 0. The van der Waals surface area contributed by atoms with Gasteiger partial charge in [0.1, 0.15) is 11.6 Å². The summed E-state index contributed by atoms with van der Waals surface area (Å²) in [7, 11) is 0. The highest BCUT2D eigenvalue weighted by atomic mass is 19.1. The minimum absolute atomic E-state index is 0.0277. The van der Waals surface area contributed by atoms with Crippen LogP contribution in [0.1, 0.15) is 30.6 Å². The van der Waals surface area contributed by atoms with E-state index in [1.54, 1.807) is 0 Å². The SMILES string of the molecule is CC(C)CC(=O)c1ccc(F)cc1F. The molecule has 3 heteroatoms. The fourth-order valence-electron chi connectivity index (χ4n) is 1.20. The van der Waals surface area contributed by atoms with Crippen LogP contribution in [-0.4, -0.2) is 5.78 Å². The van der Waals surface area contributed by atoms with Crippen LogP contribution in [0.4, 0.5) is 8.78 Å². The summed E-state index contributed by atoms with van der Waals surface area (Å²) < 4.78 is 25.6. The van der Waals surface area contributed by atoms with Crippen LogP contribution in [0.3, 0.4) is 0 Å². The molecule has 1 rings (SSSR count). The van der Waals surface area contributed by atoms with Gasteiger partial charge < -0.3 is 0 Å². The van der Waals surface area contributed by atoms with Gasteiger partial charge in [-0.15, -0.1) is 0 Å². The topological polar surface area (TPSA) is 17.1 Å². The van der Waals surface area contributed by atoms with E-state index in [-0.39, 0.29) is 23.7 Å². The fraction of sp³-hybridized carbons (Fsp3) is 0.364. The second-order valence-corrected chi connectivity index (χ2v) is 3.65. The molecule has 0 aliphatic carbocycles. The largest absolute Gasteiger partial charge is 0.294 e. The lowest BCUT2D eigenvalue weighted by molar-refractivity contribution is 0.0964. The van der Waals surface area contributed by atoms with E-state index < -0.39 is 11.6 Å². The Bertz CT molecular complexity index is 345. The Hall–Kier alpha value is -1.25. The molecule has 1 aromatic rings. The van der Waals surface area contributed by atoms with Gasteiger partial charge in [-0.3, -0.25) is 4.79 Å². The van der Waals surface area contributed by atoms with E-state index in [4.69, 9.17) is 0 Å². The van der Waals surface area contributed by atoms with E-state index in [1.165, 1.54) is 6.07 Å². The molecule has 1 aromatic carbocycles. The number of carbonyl (C=O) groups excluding carboxylic acids is 1. The van der Waals surface area contributed by atoms with Crippen molar-refractivity contribution in [2.45, 2.75) is 20.3 Å². The maximum atomic E-state index is 13.1. The zero-order valence-electron chi connectivity index (χ0n) is 8.18. The van der Waals surface area contributed by atoms with E-state index in [0.29, 0.717) is 0 Å². The molecule has 0 saturated heterocycles. The van der Waals surface area contributed by atoms with Crippen LogP contribution < -0.4 is 0 Å².